The predicted molar refractivity (Wildman–Crippen MR) is 119 cm³/mol. The Morgan fingerprint density at radius 2 is 1.80 bits per heavy atom. The number of rotatable bonds is 3. The highest BCUT2D eigenvalue weighted by Crippen LogP contribution is 2.38. The lowest BCUT2D eigenvalue weighted by Gasteiger charge is -2.28. The van der Waals surface area contributed by atoms with Gasteiger partial charge in [-0.2, -0.15) is 4.98 Å². The Labute approximate surface area is 180 Å². The number of nitrogens with one attached hydrogen (secondary N) is 1. The molecule has 3 N–H and O–H groups in total. The Balaban J connectivity index is 1.83. The summed E-state index contributed by atoms with van der Waals surface area (Å²) in [6.07, 6.45) is 0. The number of nitrogens with zero attached hydrogens (tertiary/aromatic N) is 3. The minimum atomic E-state index is -0.553. The van der Waals surface area contributed by atoms with Crippen LogP contribution in [0.3, 0.4) is 0 Å². The summed E-state index contributed by atoms with van der Waals surface area (Å²) in [4.78, 5) is 17.0. The molecule has 0 aliphatic carbocycles. The molecular formula is C23H24ClN5O. The van der Waals surface area contributed by atoms with Crippen LogP contribution in [0.15, 0.2) is 59.8 Å². The molecule has 1 unspecified atom stereocenters. The fourth-order valence-electron chi connectivity index (χ4n) is 3.70. The number of aromatic nitrogens is 3. The van der Waals surface area contributed by atoms with Gasteiger partial charge in [0.1, 0.15) is 6.04 Å². The van der Waals surface area contributed by atoms with Crippen LogP contribution in [0.25, 0.3) is 11.4 Å². The second-order valence-corrected chi connectivity index (χ2v) is 8.89. The summed E-state index contributed by atoms with van der Waals surface area (Å²) < 4.78 is 1.68. The number of fused-ring (bicyclic) bond motifs is 1. The van der Waals surface area contributed by atoms with Crippen molar-refractivity contribution in [3.8, 4) is 11.4 Å². The van der Waals surface area contributed by atoms with Crippen LogP contribution in [0.5, 0.6) is 0 Å². The van der Waals surface area contributed by atoms with Crippen molar-refractivity contribution in [3.63, 3.8) is 0 Å². The molecule has 1 atom stereocenters. The van der Waals surface area contributed by atoms with Crippen LogP contribution in [-0.2, 0) is 10.2 Å². The van der Waals surface area contributed by atoms with Gasteiger partial charge in [0.2, 0.25) is 11.9 Å². The lowest BCUT2D eigenvalue weighted by atomic mass is 9.87. The first-order valence-corrected chi connectivity index (χ1v) is 10.1. The zero-order valence-corrected chi connectivity index (χ0v) is 18.2. The number of hydrogen-bond donors (Lipinski definition) is 2. The summed E-state index contributed by atoms with van der Waals surface area (Å²) in [5.41, 5.74) is 9.71. The molecule has 0 spiro atoms. The fourth-order valence-corrected chi connectivity index (χ4v) is 3.94. The molecule has 1 aromatic heterocycles. The van der Waals surface area contributed by atoms with Crippen LogP contribution in [0.1, 0.15) is 44.9 Å². The number of amides is 1. The van der Waals surface area contributed by atoms with Crippen molar-refractivity contribution < 1.29 is 4.79 Å². The Morgan fingerprint density at radius 3 is 2.40 bits per heavy atom. The largest absolute Gasteiger partial charge is 0.366 e. The van der Waals surface area contributed by atoms with E-state index in [9.17, 15) is 4.79 Å². The number of carbonyl (C=O) groups excluding carboxylic acids is 1. The SMILES string of the molecule is CC1=C(C(N)=O)C(c2ccccc2Cl)n2nc(-c3ccc(C(C)(C)C)cc3)nc2N1. The molecule has 1 aliphatic rings. The van der Waals surface area contributed by atoms with Gasteiger partial charge in [0, 0.05) is 21.8 Å². The highest BCUT2D eigenvalue weighted by molar-refractivity contribution is 6.31. The predicted octanol–water partition coefficient (Wildman–Crippen LogP) is 4.67. The van der Waals surface area contributed by atoms with Gasteiger partial charge in [0.25, 0.3) is 0 Å². The van der Waals surface area contributed by atoms with Gasteiger partial charge >= 0.3 is 0 Å². The molecule has 3 aromatic rings. The maximum atomic E-state index is 12.3. The molecular weight excluding hydrogens is 398 g/mol. The van der Waals surface area contributed by atoms with Crippen molar-refractivity contribution in [3.05, 3.63) is 76.0 Å². The summed E-state index contributed by atoms with van der Waals surface area (Å²) >= 11 is 6.47. The van der Waals surface area contributed by atoms with Gasteiger partial charge in [-0.3, -0.25) is 4.79 Å². The monoisotopic (exact) mass is 421 g/mol. The highest BCUT2D eigenvalue weighted by Gasteiger charge is 2.34. The van der Waals surface area contributed by atoms with Crippen molar-refractivity contribution in [1.29, 1.82) is 0 Å². The second-order valence-electron chi connectivity index (χ2n) is 8.48. The maximum Gasteiger partial charge on any atom is 0.248 e. The first kappa shape index (κ1) is 20.2. The number of primary amides is 1. The second kappa shape index (κ2) is 7.29. The third-order valence-electron chi connectivity index (χ3n) is 5.33. The molecule has 0 bridgehead atoms. The van der Waals surface area contributed by atoms with Crippen LogP contribution in [0.4, 0.5) is 5.95 Å². The number of carbonyl (C=O) groups is 1. The van der Waals surface area contributed by atoms with Crippen LogP contribution < -0.4 is 11.1 Å². The molecule has 4 rings (SSSR count). The van der Waals surface area contributed by atoms with E-state index in [2.05, 4.69) is 43.2 Å². The lowest BCUT2D eigenvalue weighted by molar-refractivity contribution is -0.115. The molecule has 1 amide bonds. The Morgan fingerprint density at radius 1 is 1.13 bits per heavy atom. The molecule has 2 aromatic carbocycles. The van der Waals surface area contributed by atoms with E-state index < -0.39 is 11.9 Å². The van der Waals surface area contributed by atoms with E-state index in [1.807, 2.05) is 30.3 Å². The molecule has 0 radical (unpaired) electrons. The Kier molecular flexibility index (Phi) is 4.90. The lowest BCUT2D eigenvalue weighted by Crippen LogP contribution is -2.32. The van der Waals surface area contributed by atoms with Crippen LogP contribution >= 0.6 is 11.6 Å². The van der Waals surface area contributed by atoms with Crippen molar-refractivity contribution in [2.24, 2.45) is 5.73 Å². The zero-order valence-electron chi connectivity index (χ0n) is 17.4. The van der Waals surface area contributed by atoms with Gasteiger partial charge in [-0.05, 0) is 24.0 Å². The van der Waals surface area contributed by atoms with E-state index in [1.54, 1.807) is 17.7 Å². The highest BCUT2D eigenvalue weighted by atomic mass is 35.5. The van der Waals surface area contributed by atoms with Crippen LogP contribution in [-0.4, -0.2) is 20.7 Å². The molecule has 0 saturated heterocycles. The third-order valence-corrected chi connectivity index (χ3v) is 5.67. The normalized spacial score (nSPS) is 16.2. The molecule has 0 saturated carbocycles. The maximum absolute atomic E-state index is 12.3. The molecule has 7 heteroatoms. The van der Waals surface area contributed by atoms with E-state index in [4.69, 9.17) is 22.4 Å². The van der Waals surface area contributed by atoms with Gasteiger partial charge in [-0.15, -0.1) is 5.10 Å². The van der Waals surface area contributed by atoms with Gasteiger partial charge in [-0.25, -0.2) is 4.68 Å². The summed E-state index contributed by atoms with van der Waals surface area (Å²) in [6, 6.07) is 15.0. The van der Waals surface area contributed by atoms with E-state index in [0.717, 1.165) is 11.1 Å². The minimum Gasteiger partial charge on any atom is -0.366 e. The van der Waals surface area contributed by atoms with Crippen LogP contribution in [0.2, 0.25) is 5.02 Å². The number of nitrogens with two attached hydrogens (primary N) is 1. The molecule has 154 valence electrons. The molecule has 6 nitrogen and oxygen atoms in total. The van der Waals surface area contributed by atoms with Gasteiger partial charge in [0.05, 0.1) is 5.57 Å². The van der Waals surface area contributed by atoms with Crippen LogP contribution in [0, 0.1) is 0 Å². The minimum absolute atomic E-state index is 0.0630. The summed E-state index contributed by atoms with van der Waals surface area (Å²) in [6.45, 7) is 8.33. The van der Waals surface area contributed by atoms with Gasteiger partial charge in [0.15, 0.2) is 5.82 Å². The Hall–Kier alpha value is -3.12. The number of allylic oxidation sites excluding steroid dienone is 1. The number of anilines is 1. The van der Waals surface area contributed by atoms with Gasteiger partial charge in [-0.1, -0.05) is 74.8 Å². The number of hydrogen-bond acceptors (Lipinski definition) is 4. The average molecular weight is 422 g/mol. The number of benzene rings is 2. The van der Waals surface area contributed by atoms with E-state index in [0.29, 0.717) is 28.1 Å². The third kappa shape index (κ3) is 3.48. The van der Waals surface area contributed by atoms with E-state index in [-0.39, 0.29) is 5.41 Å². The first-order chi connectivity index (χ1) is 14.2. The smallest absolute Gasteiger partial charge is 0.248 e. The van der Waals surface area contributed by atoms with Crippen molar-refractivity contribution in [2.75, 3.05) is 5.32 Å². The summed E-state index contributed by atoms with van der Waals surface area (Å²) in [7, 11) is 0. The van der Waals surface area contributed by atoms with Crippen molar-refractivity contribution in [2.45, 2.75) is 39.2 Å². The average Bonchev–Trinajstić information content (AvgIpc) is 3.10. The number of halogens is 1. The summed E-state index contributed by atoms with van der Waals surface area (Å²) in [5, 5.41) is 8.42. The molecule has 0 fully saturated rings. The standard InChI is InChI=1S/C23H24ClN5O/c1-13-18(20(25)30)19(16-7-5-6-8-17(16)24)29-22(26-13)27-21(28-29)14-9-11-15(12-10-14)23(2,3)4/h5-12,19H,1-4H3,(H2,25,30)(H,26,27,28). The fraction of sp³-hybridized carbons (Fsp3) is 0.261. The topological polar surface area (TPSA) is 85.8 Å². The summed E-state index contributed by atoms with van der Waals surface area (Å²) in [5.74, 6) is 0.577. The molecule has 30 heavy (non-hydrogen) atoms. The first-order valence-electron chi connectivity index (χ1n) is 9.76. The van der Waals surface area contributed by atoms with Gasteiger partial charge < -0.3 is 11.1 Å². The Bertz CT molecular complexity index is 1160. The molecule has 1 aliphatic heterocycles. The zero-order chi connectivity index (χ0) is 21.6. The molecule has 2 heterocycles. The van der Waals surface area contributed by atoms with E-state index in [1.165, 1.54) is 5.56 Å². The quantitative estimate of drug-likeness (QED) is 0.643. The van der Waals surface area contributed by atoms with E-state index >= 15 is 0 Å². The van der Waals surface area contributed by atoms with Crippen molar-refractivity contribution in [1.82, 2.24) is 14.8 Å². The van der Waals surface area contributed by atoms with Crippen molar-refractivity contribution >= 4 is 23.5 Å².